The summed E-state index contributed by atoms with van der Waals surface area (Å²) in [6.45, 7) is 5.27. The number of aliphatic hydroxyl groups excluding tert-OH is 1. The van der Waals surface area contributed by atoms with Crippen molar-refractivity contribution in [2.75, 3.05) is 5.32 Å². The Morgan fingerprint density at radius 2 is 1.96 bits per heavy atom. The molecular formula is C19H22ClN3O4. The standard InChI is InChI=1S/C19H22ClN3O4/c1-4-8(2)23-16(25)13-14(17(23)26)19(22-15(13)9(3)24)11-7-10(20)5-6-12(11)21-18(19)27/h5-9,13-15,22,24H,4H2,1-3H3,(H,21,27)/t8-,9-,13+,14+,15-,19+/m1/s1. The normalized spacial score (nSPS) is 34.0. The van der Waals surface area contributed by atoms with E-state index in [9.17, 15) is 19.5 Å². The summed E-state index contributed by atoms with van der Waals surface area (Å²) in [6.07, 6.45) is -0.299. The van der Waals surface area contributed by atoms with Gasteiger partial charge in [-0.3, -0.25) is 24.6 Å². The van der Waals surface area contributed by atoms with E-state index in [0.717, 1.165) is 0 Å². The maximum Gasteiger partial charge on any atom is 0.250 e. The molecule has 1 aromatic rings. The first-order chi connectivity index (χ1) is 12.7. The fourth-order valence-corrected chi connectivity index (χ4v) is 4.93. The summed E-state index contributed by atoms with van der Waals surface area (Å²) in [5, 5.41) is 16.7. The second-order valence-electron chi connectivity index (χ2n) is 7.67. The largest absolute Gasteiger partial charge is 0.392 e. The van der Waals surface area contributed by atoms with Crippen LogP contribution in [0.25, 0.3) is 0 Å². The van der Waals surface area contributed by atoms with Crippen molar-refractivity contribution in [1.82, 2.24) is 10.2 Å². The zero-order valence-electron chi connectivity index (χ0n) is 15.3. The highest BCUT2D eigenvalue weighted by Crippen LogP contribution is 2.54. The molecule has 0 radical (unpaired) electrons. The van der Waals surface area contributed by atoms with E-state index in [2.05, 4.69) is 10.6 Å². The van der Waals surface area contributed by atoms with E-state index in [0.29, 0.717) is 22.7 Å². The van der Waals surface area contributed by atoms with Gasteiger partial charge in [0, 0.05) is 28.4 Å². The molecule has 4 rings (SSSR count). The molecule has 8 heteroatoms. The van der Waals surface area contributed by atoms with E-state index in [1.807, 2.05) is 13.8 Å². The Morgan fingerprint density at radius 3 is 2.59 bits per heavy atom. The topological polar surface area (TPSA) is 98.7 Å². The second-order valence-corrected chi connectivity index (χ2v) is 8.11. The first-order valence-corrected chi connectivity index (χ1v) is 9.56. The maximum atomic E-state index is 13.3. The van der Waals surface area contributed by atoms with Crippen LogP contribution in [0.2, 0.25) is 5.02 Å². The summed E-state index contributed by atoms with van der Waals surface area (Å²) in [7, 11) is 0. The Kier molecular flexibility index (Phi) is 4.10. The molecule has 3 heterocycles. The smallest absolute Gasteiger partial charge is 0.250 e. The van der Waals surface area contributed by atoms with Crippen molar-refractivity contribution in [1.29, 1.82) is 0 Å². The third kappa shape index (κ3) is 2.25. The number of anilines is 1. The highest BCUT2D eigenvalue weighted by molar-refractivity contribution is 6.31. The lowest BCUT2D eigenvalue weighted by molar-refractivity contribution is -0.145. The number of hydrogen-bond donors (Lipinski definition) is 3. The molecule has 7 nitrogen and oxygen atoms in total. The van der Waals surface area contributed by atoms with Gasteiger partial charge in [0.25, 0.3) is 0 Å². The van der Waals surface area contributed by atoms with Crippen molar-refractivity contribution >= 4 is 35.0 Å². The van der Waals surface area contributed by atoms with Gasteiger partial charge in [-0.25, -0.2) is 0 Å². The van der Waals surface area contributed by atoms with Crippen molar-refractivity contribution in [2.45, 2.75) is 50.9 Å². The van der Waals surface area contributed by atoms with Crippen LogP contribution >= 0.6 is 11.6 Å². The van der Waals surface area contributed by atoms with Gasteiger partial charge in [-0.05, 0) is 38.5 Å². The summed E-state index contributed by atoms with van der Waals surface area (Å²) in [4.78, 5) is 40.8. The molecule has 6 atom stereocenters. The third-order valence-electron chi connectivity index (χ3n) is 6.20. The van der Waals surface area contributed by atoms with E-state index in [1.54, 1.807) is 25.1 Å². The van der Waals surface area contributed by atoms with Gasteiger partial charge in [0.1, 0.15) is 5.54 Å². The molecule has 1 spiro atoms. The summed E-state index contributed by atoms with van der Waals surface area (Å²) in [5.41, 5.74) is -0.309. The first kappa shape index (κ1) is 18.4. The van der Waals surface area contributed by atoms with E-state index >= 15 is 0 Å². The van der Waals surface area contributed by atoms with Gasteiger partial charge >= 0.3 is 0 Å². The highest BCUT2D eigenvalue weighted by Gasteiger charge is 2.71. The van der Waals surface area contributed by atoms with Crippen LogP contribution in [0.15, 0.2) is 18.2 Å². The number of benzene rings is 1. The lowest BCUT2D eigenvalue weighted by Crippen LogP contribution is -2.55. The predicted molar refractivity (Wildman–Crippen MR) is 99.0 cm³/mol. The molecular weight excluding hydrogens is 370 g/mol. The number of rotatable bonds is 3. The van der Waals surface area contributed by atoms with Gasteiger partial charge in [-0.2, -0.15) is 0 Å². The van der Waals surface area contributed by atoms with Gasteiger partial charge in [0.15, 0.2) is 0 Å². The molecule has 0 unspecified atom stereocenters. The number of hydrogen-bond acceptors (Lipinski definition) is 5. The van der Waals surface area contributed by atoms with Crippen molar-refractivity contribution in [3.8, 4) is 0 Å². The van der Waals surface area contributed by atoms with E-state index in [-0.39, 0.29) is 17.9 Å². The van der Waals surface area contributed by atoms with Crippen molar-refractivity contribution in [2.24, 2.45) is 11.8 Å². The van der Waals surface area contributed by atoms with Crippen LogP contribution in [0.4, 0.5) is 5.69 Å². The number of nitrogens with one attached hydrogen (secondary N) is 2. The molecule has 0 bridgehead atoms. The fourth-order valence-electron chi connectivity index (χ4n) is 4.76. The molecule has 3 amide bonds. The van der Waals surface area contributed by atoms with E-state index in [4.69, 9.17) is 11.6 Å². The molecule has 0 aliphatic carbocycles. The molecule has 27 heavy (non-hydrogen) atoms. The molecule has 0 aromatic heterocycles. The zero-order valence-corrected chi connectivity index (χ0v) is 16.1. The maximum absolute atomic E-state index is 13.3. The van der Waals surface area contributed by atoms with Gasteiger partial charge in [-0.1, -0.05) is 18.5 Å². The van der Waals surface area contributed by atoms with Crippen LogP contribution in [0.3, 0.4) is 0 Å². The van der Waals surface area contributed by atoms with Crippen molar-refractivity contribution in [3.63, 3.8) is 0 Å². The lowest BCUT2D eigenvalue weighted by atomic mass is 9.76. The Hall–Kier alpha value is -1.96. The molecule has 0 saturated carbocycles. The molecule has 3 N–H and O–H groups in total. The Balaban J connectivity index is 1.92. The number of likely N-dealkylation sites (tertiary alicyclic amines) is 1. The van der Waals surface area contributed by atoms with Gasteiger partial charge in [0.05, 0.1) is 17.9 Å². The second kappa shape index (κ2) is 6.02. The minimum Gasteiger partial charge on any atom is -0.392 e. The zero-order chi connectivity index (χ0) is 19.7. The van der Waals surface area contributed by atoms with Crippen LogP contribution in [0.1, 0.15) is 32.8 Å². The van der Waals surface area contributed by atoms with E-state index in [1.165, 1.54) is 4.90 Å². The van der Waals surface area contributed by atoms with Gasteiger partial charge in [0.2, 0.25) is 17.7 Å². The fraction of sp³-hybridized carbons (Fsp3) is 0.526. The van der Waals surface area contributed by atoms with Crippen molar-refractivity contribution in [3.05, 3.63) is 28.8 Å². The average molecular weight is 392 g/mol. The SMILES string of the molecule is CC[C@@H](C)N1C(=O)[C@@H]2[C@@H]([C@@H](C)O)N[C@]3(C(=O)Nc4ccc(Cl)cc43)[C@@H]2C1=O. The van der Waals surface area contributed by atoms with Crippen LogP contribution in [0.5, 0.6) is 0 Å². The number of amides is 3. The molecule has 3 aliphatic heterocycles. The monoisotopic (exact) mass is 391 g/mol. The molecule has 1 aromatic carbocycles. The number of imide groups is 1. The summed E-state index contributed by atoms with van der Waals surface area (Å²) < 4.78 is 0. The van der Waals surface area contributed by atoms with Crippen LogP contribution in [-0.4, -0.2) is 45.9 Å². The number of fused-ring (bicyclic) bond motifs is 4. The predicted octanol–water partition coefficient (Wildman–Crippen LogP) is 1.24. The molecule has 3 aliphatic rings. The minimum atomic E-state index is -1.42. The van der Waals surface area contributed by atoms with E-state index < -0.39 is 35.4 Å². The molecule has 144 valence electrons. The summed E-state index contributed by atoms with van der Waals surface area (Å²) >= 11 is 6.16. The summed E-state index contributed by atoms with van der Waals surface area (Å²) in [6, 6.07) is 4.00. The Morgan fingerprint density at radius 1 is 1.26 bits per heavy atom. The third-order valence-corrected chi connectivity index (χ3v) is 6.43. The molecule has 2 fully saturated rings. The first-order valence-electron chi connectivity index (χ1n) is 9.18. The number of carbonyl (C=O) groups excluding carboxylic acids is 3. The summed E-state index contributed by atoms with van der Waals surface area (Å²) in [5.74, 6) is -2.83. The minimum absolute atomic E-state index is 0.273. The average Bonchev–Trinajstić information content (AvgIpc) is 3.20. The lowest BCUT2D eigenvalue weighted by Gasteiger charge is -2.31. The highest BCUT2D eigenvalue weighted by atomic mass is 35.5. The number of carbonyl (C=O) groups is 3. The van der Waals surface area contributed by atoms with Gasteiger partial charge < -0.3 is 10.4 Å². The van der Waals surface area contributed by atoms with Crippen LogP contribution in [-0.2, 0) is 19.9 Å². The van der Waals surface area contributed by atoms with Crippen LogP contribution < -0.4 is 10.6 Å². The number of halogens is 1. The quantitative estimate of drug-likeness (QED) is 0.673. The van der Waals surface area contributed by atoms with Crippen LogP contribution in [0, 0.1) is 11.8 Å². The number of aliphatic hydroxyl groups is 1. The number of nitrogens with zero attached hydrogens (tertiary/aromatic N) is 1. The molecule has 2 saturated heterocycles. The van der Waals surface area contributed by atoms with Gasteiger partial charge in [-0.15, -0.1) is 0 Å². The van der Waals surface area contributed by atoms with Crippen molar-refractivity contribution < 1.29 is 19.5 Å². The Bertz CT molecular complexity index is 857. The Labute approximate surface area is 162 Å².